The average molecular weight is 249 g/mol. The number of nitrogens with one attached hydrogen (secondary N) is 1. The van der Waals surface area contributed by atoms with Crippen LogP contribution in [-0.2, 0) is 0 Å². The van der Waals surface area contributed by atoms with Crippen LogP contribution in [0.4, 0.5) is 5.82 Å². The van der Waals surface area contributed by atoms with Gasteiger partial charge in [0.2, 0.25) is 0 Å². The quantitative estimate of drug-likeness (QED) is 0.861. The highest BCUT2D eigenvalue weighted by atomic mass is 16.4. The number of anilines is 1. The Balaban J connectivity index is 2.06. The van der Waals surface area contributed by atoms with Crippen molar-refractivity contribution in [3.63, 3.8) is 0 Å². The van der Waals surface area contributed by atoms with E-state index in [0.29, 0.717) is 11.9 Å². The lowest BCUT2D eigenvalue weighted by molar-refractivity contribution is 0.0689. The van der Waals surface area contributed by atoms with Crippen LogP contribution in [0.3, 0.4) is 0 Å². The minimum atomic E-state index is -1.05. The second kappa shape index (κ2) is 4.92. The standard InChI is InChI=1S/C13H19N3O2/c1-13(2)8-4-3-5-10(13)14-11-7-6-9(12(17)18)15-16-11/h6-7,10H,3-5,8H2,1-2H3,(H,14,16)(H,17,18). The van der Waals surface area contributed by atoms with Gasteiger partial charge in [-0.15, -0.1) is 10.2 Å². The Morgan fingerprint density at radius 1 is 1.39 bits per heavy atom. The zero-order valence-corrected chi connectivity index (χ0v) is 10.8. The fraction of sp³-hybridized carbons (Fsp3) is 0.615. The van der Waals surface area contributed by atoms with Crippen LogP contribution < -0.4 is 5.32 Å². The minimum absolute atomic E-state index is 0.0246. The number of aromatic nitrogens is 2. The molecule has 0 aliphatic heterocycles. The maximum Gasteiger partial charge on any atom is 0.356 e. The SMILES string of the molecule is CC1(C)CCCCC1Nc1ccc(C(=O)O)nn1. The van der Waals surface area contributed by atoms with E-state index >= 15 is 0 Å². The van der Waals surface area contributed by atoms with Crippen LogP contribution in [0.5, 0.6) is 0 Å². The fourth-order valence-electron chi connectivity index (χ4n) is 2.46. The second-order valence-corrected chi connectivity index (χ2v) is 5.54. The Bertz CT molecular complexity index is 428. The third kappa shape index (κ3) is 2.78. The number of aromatic carboxylic acids is 1. The number of hydrogen-bond acceptors (Lipinski definition) is 4. The predicted molar refractivity (Wildman–Crippen MR) is 68.7 cm³/mol. The van der Waals surface area contributed by atoms with Crippen molar-refractivity contribution in [1.29, 1.82) is 0 Å². The first-order valence-electron chi connectivity index (χ1n) is 6.32. The van der Waals surface area contributed by atoms with Crippen molar-refractivity contribution in [2.45, 2.75) is 45.6 Å². The molecule has 1 aromatic heterocycles. The van der Waals surface area contributed by atoms with E-state index in [1.165, 1.54) is 25.3 Å². The summed E-state index contributed by atoms with van der Waals surface area (Å²) in [6, 6.07) is 3.53. The Kier molecular flexibility index (Phi) is 3.50. The molecule has 5 heteroatoms. The highest BCUT2D eigenvalue weighted by Gasteiger charge is 2.32. The molecule has 1 atom stereocenters. The molecular weight excluding hydrogens is 230 g/mol. The van der Waals surface area contributed by atoms with E-state index < -0.39 is 5.97 Å². The first-order chi connectivity index (χ1) is 8.49. The van der Waals surface area contributed by atoms with Gasteiger partial charge in [-0.25, -0.2) is 4.79 Å². The molecule has 0 amide bonds. The lowest BCUT2D eigenvalue weighted by Gasteiger charge is -2.39. The zero-order valence-electron chi connectivity index (χ0n) is 10.8. The molecule has 1 aromatic rings. The summed E-state index contributed by atoms with van der Waals surface area (Å²) < 4.78 is 0. The van der Waals surface area contributed by atoms with E-state index in [1.807, 2.05) is 0 Å². The van der Waals surface area contributed by atoms with E-state index in [2.05, 4.69) is 29.4 Å². The smallest absolute Gasteiger partial charge is 0.356 e. The molecule has 1 heterocycles. The summed E-state index contributed by atoms with van der Waals surface area (Å²) in [4.78, 5) is 10.7. The predicted octanol–water partition coefficient (Wildman–Crippen LogP) is 2.56. The van der Waals surface area contributed by atoms with Gasteiger partial charge in [0.15, 0.2) is 5.69 Å². The second-order valence-electron chi connectivity index (χ2n) is 5.54. The zero-order chi connectivity index (χ0) is 13.2. The van der Waals surface area contributed by atoms with Crippen LogP contribution in [0.15, 0.2) is 12.1 Å². The van der Waals surface area contributed by atoms with Gasteiger partial charge in [-0.3, -0.25) is 0 Å². The lowest BCUT2D eigenvalue weighted by Crippen LogP contribution is -2.39. The molecule has 0 bridgehead atoms. The Morgan fingerprint density at radius 2 is 2.17 bits per heavy atom. The summed E-state index contributed by atoms with van der Waals surface area (Å²) in [7, 11) is 0. The molecule has 0 saturated heterocycles. The van der Waals surface area contributed by atoms with Crippen molar-refractivity contribution in [2.75, 3.05) is 5.32 Å². The summed E-state index contributed by atoms with van der Waals surface area (Å²) >= 11 is 0. The Hall–Kier alpha value is -1.65. The van der Waals surface area contributed by atoms with E-state index in [4.69, 9.17) is 5.11 Å². The highest BCUT2D eigenvalue weighted by Crippen LogP contribution is 2.36. The van der Waals surface area contributed by atoms with Crippen LogP contribution in [0.2, 0.25) is 0 Å². The van der Waals surface area contributed by atoms with E-state index in [0.717, 1.165) is 6.42 Å². The summed E-state index contributed by atoms with van der Waals surface area (Å²) in [6.07, 6.45) is 4.82. The molecule has 18 heavy (non-hydrogen) atoms. The first kappa shape index (κ1) is 12.8. The molecule has 2 N–H and O–H groups in total. The van der Waals surface area contributed by atoms with Gasteiger partial charge >= 0.3 is 5.97 Å². The van der Waals surface area contributed by atoms with Crippen molar-refractivity contribution < 1.29 is 9.90 Å². The molecule has 1 saturated carbocycles. The topological polar surface area (TPSA) is 75.1 Å². The lowest BCUT2D eigenvalue weighted by atomic mass is 9.73. The van der Waals surface area contributed by atoms with Gasteiger partial charge in [-0.2, -0.15) is 0 Å². The third-order valence-corrected chi connectivity index (χ3v) is 3.71. The molecular formula is C13H19N3O2. The average Bonchev–Trinajstić information content (AvgIpc) is 2.32. The molecule has 0 aromatic carbocycles. The Morgan fingerprint density at radius 3 is 2.72 bits per heavy atom. The van der Waals surface area contributed by atoms with Crippen LogP contribution in [-0.4, -0.2) is 27.3 Å². The van der Waals surface area contributed by atoms with Crippen LogP contribution in [0.1, 0.15) is 50.0 Å². The summed E-state index contributed by atoms with van der Waals surface area (Å²) in [5.74, 6) is -0.396. The number of carbonyl (C=O) groups is 1. The monoisotopic (exact) mass is 249 g/mol. The maximum atomic E-state index is 10.7. The van der Waals surface area contributed by atoms with Crippen molar-refractivity contribution in [3.8, 4) is 0 Å². The molecule has 1 unspecified atom stereocenters. The largest absolute Gasteiger partial charge is 0.476 e. The molecule has 0 spiro atoms. The van der Waals surface area contributed by atoms with Gasteiger partial charge in [0, 0.05) is 6.04 Å². The first-order valence-corrected chi connectivity index (χ1v) is 6.32. The van der Waals surface area contributed by atoms with Crippen molar-refractivity contribution >= 4 is 11.8 Å². The summed E-state index contributed by atoms with van der Waals surface area (Å²) in [6.45, 7) is 4.51. The normalized spacial score (nSPS) is 22.4. The van der Waals surface area contributed by atoms with Crippen LogP contribution >= 0.6 is 0 Å². The Labute approximate surface area is 107 Å². The molecule has 0 radical (unpaired) electrons. The number of carboxylic acids is 1. The molecule has 98 valence electrons. The minimum Gasteiger partial charge on any atom is -0.476 e. The van der Waals surface area contributed by atoms with Crippen LogP contribution in [0, 0.1) is 5.41 Å². The number of hydrogen-bond donors (Lipinski definition) is 2. The molecule has 1 aliphatic carbocycles. The highest BCUT2D eigenvalue weighted by molar-refractivity contribution is 5.85. The third-order valence-electron chi connectivity index (χ3n) is 3.71. The van der Waals surface area contributed by atoms with Crippen LogP contribution in [0.25, 0.3) is 0 Å². The molecule has 1 aliphatic rings. The van der Waals surface area contributed by atoms with E-state index in [1.54, 1.807) is 6.07 Å². The van der Waals surface area contributed by atoms with Crippen molar-refractivity contribution in [1.82, 2.24) is 10.2 Å². The van der Waals surface area contributed by atoms with Gasteiger partial charge in [0.25, 0.3) is 0 Å². The van der Waals surface area contributed by atoms with Crippen molar-refractivity contribution in [2.24, 2.45) is 5.41 Å². The number of nitrogens with zero attached hydrogens (tertiary/aromatic N) is 2. The number of carboxylic acid groups (broad SMARTS) is 1. The van der Waals surface area contributed by atoms with E-state index in [9.17, 15) is 4.79 Å². The molecule has 5 nitrogen and oxygen atoms in total. The van der Waals surface area contributed by atoms with Gasteiger partial charge < -0.3 is 10.4 Å². The molecule has 1 fully saturated rings. The van der Waals surface area contributed by atoms with Crippen molar-refractivity contribution in [3.05, 3.63) is 17.8 Å². The maximum absolute atomic E-state index is 10.7. The van der Waals surface area contributed by atoms with Gasteiger partial charge in [0.1, 0.15) is 5.82 Å². The van der Waals surface area contributed by atoms with E-state index in [-0.39, 0.29) is 11.1 Å². The summed E-state index contributed by atoms with van der Waals surface area (Å²) in [5.41, 5.74) is 0.217. The fourth-order valence-corrected chi connectivity index (χ4v) is 2.46. The van der Waals surface area contributed by atoms with Gasteiger partial charge in [-0.1, -0.05) is 26.7 Å². The molecule has 2 rings (SSSR count). The summed E-state index contributed by atoms with van der Waals surface area (Å²) in [5, 5.41) is 19.7. The number of rotatable bonds is 3. The van der Waals surface area contributed by atoms with Gasteiger partial charge in [-0.05, 0) is 30.4 Å². The van der Waals surface area contributed by atoms with Gasteiger partial charge in [0.05, 0.1) is 0 Å².